The Kier molecular flexibility index (Phi) is 4.93. The van der Waals surface area contributed by atoms with Crippen molar-refractivity contribution < 1.29 is 37.8 Å². The van der Waals surface area contributed by atoms with Crippen LogP contribution < -0.4 is 5.32 Å². The molecule has 1 aliphatic heterocycles. The fraction of sp³-hybridized carbons (Fsp3) is 0.700. The molecule has 2 unspecified atom stereocenters. The number of likely N-dealkylation sites (tertiary alicyclic amines) is 1. The van der Waals surface area contributed by atoms with Gasteiger partial charge in [0.2, 0.25) is 11.8 Å². The van der Waals surface area contributed by atoms with Crippen LogP contribution in [-0.2, 0) is 14.4 Å². The highest BCUT2D eigenvalue weighted by atomic mass is 19.4. The molecule has 0 spiro atoms. The molecule has 1 aliphatic rings. The predicted molar refractivity (Wildman–Crippen MR) is 57.4 cm³/mol. The third-order valence-electron chi connectivity index (χ3n) is 2.75. The Labute approximate surface area is 111 Å². The van der Waals surface area contributed by atoms with E-state index >= 15 is 0 Å². The first-order valence-corrected chi connectivity index (χ1v) is 5.62. The summed E-state index contributed by atoms with van der Waals surface area (Å²) < 4.78 is 36.5. The van der Waals surface area contributed by atoms with Crippen LogP contribution in [0.4, 0.5) is 13.2 Å². The summed E-state index contributed by atoms with van der Waals surface area (Å²) in [5.41, 5.74) is 0. The molecule has 0 aromatic carbocycles. The van der Waals surface area contributed by atoms with Crippen LogP contribution in [0.25, 0.3) is 0 Å². The van der Waals surface area contributed by atoms with Crippen molar-refractivity contribution >= 4 is 17.8 Å². The first-order valence-electron chi connectivity index (χ1n) is 5.62. The van der Waals surface area contributed by atoms with Gasteiger partial charge in [0.05, 0.1) is 12.5 Å². The fourth-order valence-corrected chi connectivity index (χ4v) is 1.79. The number of carboxylic acid groups (broad SMARTS) is 1. The fourth-order valence-electron chi connectivity index (χ4n) is 1.79. The molecule has 7 nitrogen and oxygen atoms in total. The van der Waals surface area contributed by atoms with Gasteiger partial charge in [-0.1, -0.05) is 0 Å². The molecule has 2 amide bonds. The maximum Gasteiger partial charge on any atom is 0.406 e. The number of hydrogen-bond donors (Lipinski definition) is 3. The SMILES string of the molecule is O=C(NC(CO)C(=O)O)C1CC(=O)N(CC(F)(F)F)C1. The Hall–Kier alpha value is -1.84. The molecule has 1 rings (SSSR count). The van der Waals surface area contributed by atoms with E-state index in [1.165, 1.54) is 0 Å². The number of nitrogens with one attached hydrogen (secondary N) is 1. The van der Waals surface area contributed by atoms with E-state index in [1.807, 2.05) is 5.32 Å². The minimum absolute atomic E-state index is 0.417. The van der Waals surface area contributed by atoms with Crippen LogP contribution in [0, 0.1) is 5.92 Å². The molecule has 0 aromatic heterocycles. The lowest BCUT2D eigenvalue weighted by atomic mass is 10.1. The van der Waals surface area contributed by atoms with Gasteiger partial charge < -0.3 is 20.4 Å². The summed E-state index contributed by atoms with van der Waals surface area (Å²) in [6, 6.07) is -1.55. The number of alkyl halides is 3. The molecule has 0 aliphatic carbocycles. The number of halogens is 3. The molecule has 20 heavy (non-hydrogen) atoms. The van der Waals surface area contributed by atoms with Gasteiger partial charge in [0.25, 0.3) is 0 Å². The van der Waals surface area contributed by atoms with Crippen LogP contribution in [-0.4, -0.2) is 64.8 Å². The molecule has 2 atom stereocenters. The zero-order valence-electron chi connectivity index (χ0n) is 10.2. The minimum Gasteiger partial charge on any atom is -0.480 e. The molecule has 0 radical (unpaired) electrons. The number of carbonyl (C=O) groups is 3. The molecule has 1 fully saturated rings. The summed E-state index contributed by atoms with van der Waals surface area (Å²) in [6.07, 6.45) is -4.98. The van der Waals surface area contributed by atoms with Crippen LogP contribution in [0.15, 0.2) is 0 Å². The van der Waals surface area contributed by atoms with Crippen LogP contribution in [0.1, 0.15) is 6.42 Å². The zero-order chi connectivity index (χ0) is 15.5. The smallest absolute Gasteiger partial charge is 0.406 e. The summed E-state index contributed by atoms with van der Waals surface area (Å²) in [5.74, 6) is -4.22. The van der Waals surface area contributed by atoms with E-state index in [4.69, 9.17) is 10.2 Å². The van der Waals surface area contributed by atoms with Crippen molar-refractivity contribution in [2.24, 2.45) is 5.92 Å². The second kappa shape index (κ2) is 6.07. The number of carbonyl (C=O) groups excluding carboxylic acids is 2. The van der Waals surface area contributed by atoms with Crippen molar-refractivity contribution in [1.29, 1.82) is 0 Å². The highest BCUT2D eigenvalue weighted by molar-refractivity contribution is 5.91. The number of aliphatic carboxylic acids is 1. The van der Waals surface area contributed by atoms with Crippen LogP contribution in [0.2, 0.25) is 0 Å². The van der Waals surface area contributed by atoms with E-state index in [2.05, 4.69) is 0 Å². The molecule has 0 saturated carbocycles. The van der Waals surface area contributed by atoms with Crippen LogP contribution in [0.5, 0.6) is 0 Å². The second-order valence-corrected chi connectivity index (χ2v) is 4.37. The number of rotatable bonds is 5. The molecular formula is C10H13F3N2O5. The van der Waals surface area contributed by atoms with Gasteiger partial charge in [-0.05, 0) is 0 Å². The standard InChI is InChI=1S/C10H13F3N2O5/c11-10(12,13)4-15-2-5(1-7(15)17)8(18)14-6(3-16)9(19)20/h5-6,16H,1-4H2,(H,14,18)(H,19,20). The lowest BCUT2D eigenvalue weighted by molar-refractivity contribution is -0.157. The van der Waals surface area contributed by atoms with Crippen molar-refractivity contribution in [1.82, 2.24) is 10.2 Å². The third-order valence-corrected chi connectivity index (χ3v) is 2.75. The molecular weight excluding hydrogens is 285 g/mol. The number of aliphatic hydroxyl groups excluding tert-OH is 1. The van der Waals surface area contributed by atoms with Gasteiger partial charge in [-0.15, -0.1) is 0 Å². The Balaban J connectivity index is 2.60. The van der Waals surface area contributed by atoms with Crippen molar-refractivity contribution in [3.8, 4) is 0 Å². The summed E-state index contributed by atoms with van der Waals surface area (Å²) >= 11 is 0. The Morgan fingerprint density at radius 3 is 2.50 bits per heavy atom. The molecule has 10 heteroatoms. The van der Waals surface area contributed by atoms with Gasteiger partial charge in [-0.3, -0.25) is 9.59 Å². The second-order valence-electron chi connectivity index (χ2n) is 4.37. The van der Waals surface area contributed by atoms with Gasteiger partial charge in [-0.2, -0.15) is 13.2 Å². The molecule has 114 valence electrons. The van der Waals surface area contributed by atoms with Crippen molar-refractivity contribution in [3.05, 3.63) is 0 Å². The average molecular weight is 298 g/mol. The topological polar surface area (TPSA) is 107 Å². The van der Waals surface area contributed by atoms with Gasteiger partial charge in [0.1, 0.15) is 12.6 Å². The first-order chi connectivity index (χ1) is 9.14. The highest BCUT2D eigenvalue weighted by Crippen LogP contribution is 2.23. The molecule has 0 bridgehead atoms. The first kappa shape index (κ1) is 16.2. The number of amides is 2. The lowest BCUT2D eigenvalue weighted by Gasteiger charge is -2.19. The monoisotopic (exact) mass is 298 g/mol. The maximum atomic E-state index is 12.2. The lowest BCUT2D eigenvalue weighted by Crippen LogP contribution is -2.46. The molecule has 3 N–H and O–H groups in total. The van der Waals surface area contributed by atoms with E-state index in [1.54, 1.807) is 0 Å². The third kappa shape index (κ3) is 4.37. The highest BCUT2D eigenvalue weighted by Gasteiger charge is 2.41. The van der Waals surface area contributed by atoms with Gasteiger partial charge in [-0.25, -0.2) is 4.79 Å². The van der Waals surface area contributed by atoms with E-state index in [-0.39, 0.29) is 0 Å². The van der Waals surface area contributed by atoms with Crippen molar-refractivity contribution in [2.45, 2.75) is 18.6 Å². The van der Waals surface area contributed by atoms with E-state index < -0.39 is 62.0 Å². The number of aliphatic hydroxyl groups is 1. The normalized spacial score (nSPS) is 20.9. The van der Waals surface area contributed by atoms with E-state index in [0.29, 0.717) is 4.90 Å². The molecule has 0 aromatic rings. The largest absolute Gasteiger partial charge is 0.480 e. The van der Waals surface area contributed by atoms with Gasteiger partial charge in [0, 0.05) is 13.0 Å². The zero-order valence-corrected chi connectivity index (χ0v) is 10.2. The summed E-state index contributed by atoms with van der Waals surface area (Å²) in [6.45, 7) is -2.73. The van der Waals surface area contributed by atoms with Crippen molar-refractivity contribution in [3.63, 3.8) is 0 Å². The minimum atomic E-state index is -4.56. The number of carboxylic acids is 1. The Bertz CT molecular complexity index is 412. The summed E-state index contributed by atoms with van der Waals surface area (Å²) in [7, 11) is 0. The quantitative estimate of drug-likeness (QED) is 0.601. The maximum absolute atomic E-state index is 12.2. The predicted octanol–water partition coefficient (Wildman–Crippen LogP) is -1.04. The molecule has 1 saturated heterocycles. The number of nitrogens with zero attached hydrogens (tertiary/aromatic N) is 1. The summed E-state index contributed by atoms with van der Waals surface area (Å²) in [4.78, 5) is 34.1. The van der Waals surface area contributed by atoms with Gasteiger partial charge in [0.15, 0.2) is 0 Å². The van der Waals surface area contributed by atoms with Crippen molar-refractivity contribution in [2.75, 3.05) is 19.7 Å². The average Bonchev–Trinajstić information content (AvgIpc) is 2.65. The molecule has 1 heterocycles. The Morgan fingerprint density at radius 2 is 2.05 bits per heavy atom. The van der Waals surface area contributed by atoms with E-state index in [9.17, 15) is 27.6 Å². The van der Waals surface area contributed by atoms with Crippen LogP contribution in [0.3, 0.4) is 0 Å². The number of hydrogen-bond acceptors (Lipinski definition) is 4. The Morgan fingerprint density at radius 1 is 1.45 bits per heavy atom. The van der Waals surface area contributed by atoms with Crippen LogP contribution >= 0.6 is 0 Å². The summed E-state index contributed by atoms with van der Waals surface area (Å²) in [5, 5.41) is 19.3. The van der Waals surface area contributed by atoms with Gasteiger partial charge >= 0.3 is 12.1 Å². The van der Waals surface area contributed by atoms with E-state index in [0.717, 1.165) is 0 Å².